The van der Waals surface area contributed by atoms with E-state index in [0.717, 1.165) is 31.2 Å². The molecule has 1 rings (SSSR count). The number of hydrogen-bond donors (Lipinski definition) is 2. The van der Waals surface area contributed by atoms with Crippen molar-refractivity contribution in [2.75, 3.05) is 0 Å². The zero-order chi connectivity index (χ0) is 17.2. The summed E-state index contributed by atoms with van der Waals surface area (Å²) in [5.74, 6) is -0.0601. The van der Waals surface area contributed by atoms with Crippen LogP contribution in [-0.4, -0.2) is 10.2 Å². The van der Waals surface area contributed by atoms with Gasteiger partial charge in [-0.25, -0.2) is 0 Å². The molecule has 2 nitrogen and oxygen atoms in total. The SMILES string of the molecule is CC(C)=CCC/C(C)=C/CC/C(C)=C/Cc1cccc(O)c1O. The van der Waals surface area contributed by atoms with Gasteiger partial charge in [0, 0.05) is 5.56 Å². The molecular weight excluding hydrogens is 284 g/mol. The van der Waals surface area contributed by atoms with E-state index in [1.54, 1.807) is 6.07 Å². The van der Waals surface area contributed by atoms with Crippen molar-refractivity contribution < 1.29 is 10.2 Å². The summed E-state index contributed by atoms with van der Waals surface area (Å²) >= 11 is 0. The molecule has 23 heavy (non-hydrogen) atoms. The molecule has 0 aliphatic rings. The molecule has 0 heterocycles. The maximum Gasteiger partial charge on any atom is 0.160 e. The fourth-order valence-electron chi connectivity index (χ4n) is 2.37. The fourth-order valence-corrected chi connectivity index (χ4v) is 2.37. The summed E-state index contributed by atoms with van der Waals surface area (Å²) in [6.45, 7) is 8.59. The van der Waals surface area contributed by atoms with Gasteiger partial charge in [-0.1, -0.05) is 47.1 Å². The van der Waals surface area contributed by atoms with Gasteiger partial charge in [-0.15, -0.1) is 0 Å². The average molecular weight is 314 g/mol. The monoisotopic (exact) mass is 314 g/mol. The van der Waals surface area contributed by atoms with Crippen LogP contribution in [0.1, 0.15) is 58.9 Å². The van der Waals surface area contributed by atoms with Crippen molar-refractivity contribution in [3.63, 3.8) is 0 Å². The Hall–Kier alpha value is -1.96. The molecule has 0 atom stereocenters. The normalized spacial score (nSPS) is 12.3. The Morgan fingerprint density at radius 1 is 0.870 bits per heavy atom. The van der Waals surface area contributed by atoms with Crippen molar-refractivity contribution in [2.45, 2.75) is 59.8 Å². The van der Waals surface area contributed by atoms with E-state index in [0.29, 0.717) is 6.42 Å². The second-order valence-electron chi connectivity index (χ2n) is 6.45. The molecule has 0 aliphatic carbocycles. The van der Waals surface area contributed by atoms with Crippen LogP contribution >= 0.6 is 0 Å². The topological polar surface area (TPSA) is 40.5 Å². The largest absolute Gasteiger partial charge is 0.504 e. The van der Waals surface area contributed by atoms with Gasteiger partial charge in [-0.05, 0) is 65.9 Å². The molecule has 0 amide bonds. The molecule has 2 N–H and O–H groups in total. The number of phenols is 2. The van der Waals surface area contributed by atoms with Gasteiger partial charge < -0.3 is 10.2 Å². The van der Waals surface area contributed by atoms with Crippen LogP contribution in [-0.2, 0) is 6.42 Å². The minimum absolute atomic E-state index is 0.00781. The van der Waals surface area contributed by atoms with Gasteiger partial charge in [-0.3, -0.25) is 0 Å². The highest BCUT2D eigenvalue weighted by Gasteiger charge is 2.03. The molecule has 0 saturated carbocycles. The van der Waals surface area contributed by atoms with Crippen LogP contribution in [0.5, 0.6) is 11.5 Å². The van der Waals surface area contributed by atoms with E-state index in [1.807, 2.05) is 6.07 Å². The van der Waals surface area contributed by atoms with Crippen LogP contribution in [0.25, 0.3) is 0 Å². The van der Waals surface area contributed by atoms with Crippen LogP contribution in [0.15, 0.2) is 53.1 Å². The van der Waals surface area contributed by atoms with Gasteiger partial charge in [0.25, 0.3) is 0 Å². The van der Waals surface area contributed by atoms with Crippen molar-refractivity contribution in [2.24, 2.45) is 0 Å². The van der Waals surface area contributed by atoms with E-state index in [4.69, 9.17) is 0 Å². The van der Waals surface area contributed by atoms with Crippen molar-refractivity contribution >= 4 is 0 Å². The molecule has 1 aromatic rings. The van der Waals surface area contributed by atoms with Crippen LogP contribution in [0, 0.1) is 0 Å². The Morgan fingerprint density at radius 2 is 1.48 bits per heavy atom. The standard InChI is InChI=1S/C21H30O2/c1-16(2)8-5-9-17(3)10-6-11-18(4)14-15-19-12-7-13-20(22)21(19)23/h7-8,10,12-14,22-23H,5-6,9,11,15H2,1-4H3/b17-10+,18-14+. The van der Waals surface area contributed by atoms with Crippen LogP contribution < -0.4 is 0 Å². The molecule has 0 saturated heterocycles. The number of phenolic OH excluding ortho intramolecular Hbond substituents is 2. The number of hydrogen-bond acceptors (Lipinski definition) is 2. The molecule has 1 aromatic carbocycles. The van der Waals surface area contributed by atoms with Crippen LogP contribution in [0.2, 0.25) is 0 Å². The minimum Gasteiger partial charge on any atom is -0.504 e. The molecule has 0 aromatic heterocycles. The Kier molecular flexibility index (Phi) is 8.25. The number of rotatable bonds is 8. The summed E-state index contributed by atoms with van der Waals surface area (Å²) in [6.07, 6.45) is 11.7. The Labute approximate surface area is 140 Å². The molecule has 0 fully saturated rings. The summed E-state index contributed by atoms with van der Waals surface area (Å²) < 4.78 is 0. The summed E-state index contributed by atoms with van der Waals surface area (Å²) in [5.41, 5.74) is 4.89. The number of benzene rings is 1. The van der Waals surface area contributed by atoms with Gasteiger partial charge in [-0.2, -0.15) is 0 Å². The highest BCUT2D eigenvalue weighted by atomic mass is 16.3. The van der Waals surface area contributed by atoms with E-state index in [2.05, 4.69) is 45.9 Å². The predicted molar refractivity (Wildman–Crippen MR) is 98.9 cm³/mol. The zero-order valence-electron chi connectivity index (χ0n) is 14.9. The Morgan fingerprint density at radius 3 is 2.13 bits per heavy atom. The fraction of sp³-hybridized carbons (Fsp3) is 0.429. The molecule has 0 aliphatic heterocycles. The Balaban J connectivity index is 2.42. The van der Waals surface area contributed by atoms with Crippen LogP contribution in [0.3, 0.4) is 0 Å². The highest BCUT2D eigenvalue weighted by Crippen LogP contribution is 2.28. The maximum absolute atomic E-state index is 9.79. The maximum atomic E-state index is 9.79. The third kappa shape index (κ3) is 7.73. The molecule has 0 spiro atoms. The summed E-state index contributed by atoms with van der Waals surface area (Å²) in [4.78, 5) is 0. The van der Waals surface area contributed by atoms with Crippen LogP contribution in [0.4, 0.5) is 0 Å². The molecule has 2 heteroatoms. The van der Waals surface area contributed by atoms with Crippen molar-refractivity contribution in [1.82, 2.24) is 0 Å². The van der Waals surface area contributed by atoms with Gasteiger partial charge in [0.1, 0.15) is 0 Å². The lowest BCUT2D eigenvalue weighted by Gasteiger charge is -2.05. The smallest absolute Gasteiger partial charge is 0.160 e. The molecule has 126 valence electrons. The number of allylic oxidation sites excluding steroid dienone is 6. The lowest BCUT2D eigenvalue weighted by atomic mass is 10.0. The quantitative estimate of drug-likeness (QED) is 0.452. The third-order valence-corrected chi connectivity index (χ3v) is 3.89. The molecule has 0 unspecified atom stereocenters. The summed E-state index contributed by atoms with van der Waals surface area (Å²) in [6, 6.07) is 5.09. The van der Waals surface area contributed by atoms with E-state index in [-0.39, 0.29) is 11.5 Å². The summed E-state index contributed by atoms with van der Waals surface area (Å²) in [7, 11) is 0. The zero-order valence-corrected chi connectivity index (χ0v) is 14.9. The van der Waals surface area contributed by atoms with Crippen molar-refractivity contribution in [3.8, 4) is 11.5 Å². The lowest BCUT2D eigenvalue weighted by Crippen LogP contribution is -1.85. The van der Waals surface area contributed by atoms with Crippen molar-refractivity contribution in [1.29, 1.82) is 0 Å². The third-order valence-electron chi connectivity index (χ3n) is 3.89. The first-order valence-electron chi connectivity index (χ1n) is 8.34. The van der Waals surface area contributed by atoms with E-state index < -0.39 is 0 Å². The first-order valence-corrected chi connectivity index (χ1v) is 8.34. The van der Waals surface area contributed by atoms with E-state index in [1.165, 1.54) is 22.8 Å². The van der Waals surface area contributed by atoms with Crippen molar-refractivity contribution in [3.05, 3.63) is 58.7 Å². The second-order valence-corrected chi connectivity index (χ2v) is 6.45. The van der Waals surface area contributed by atoms with Gasteiger partial charge >= 0.3 is 0 Å². The Bertz CT molecular complexity index is 588. The van der Waals surface area contributed by atoms with Gasteiger partial charge in [0.05, 0.1) is 0 Å². The summed E-state index contributed by atoms with van der Waals surface area (Å²) in [5, 5.41) is 19.3. The van der Waals surface area contributed by atoms with E-state index >= 15 is 0 Å². The van der Waals surface area contributed by atoms with Gasteiger partial charge in [0.15, 0.2) is 11.5 Å². The first-order chi connectivity index (χ1) is 10.9. The van der Waals surface area contributed by atoms with E-state index in [9.17, 15) is 10.2 Å². The van der Waals surface area contributed by atoms with Gasteiger partial charge in [0.2, 0.25) is 0 Å². The minimum atomic E-state index is -0.0523. The number of aromatic hydroxyl groups is 2. The average Bonchev–Trinajstić information content (AvgIpc) is 2.48. The molecule has 0 radical (unpaired) electrons. The second kappa shape index (κ2) is 9.94. The molecular formula is C21H30O2. The number of para-hydroxylation sites is 1. The highest BCUT2D eigenvalue weighted by molar-refractivity contribution is 5.45. The first kappa shape index (κ1) is 19.1. The predicted octanol–water partition coefficient (Wildman–Crippen LogP) is 6.06. The lowest BCUT2D eigenvalue weighted by molar-refractivity contribution is 0.400. The molecule has 0 bridgehead atoms.